The Morgan fingerprint density at radius 1 is 1.27 bits per heavy atom. The minimum Gasteiger partial charge on any atom is -0.482 e. The summed E-state index contributed by atoms with van der Waals surface area (Å²) >= 11 is 11.6. The van der Waals surface area contributed by atoms with E-state index in [4.69, 9.17) is 32.7 Å². The number of ether oxygens (including phenoxy) is 2. The van der Waals surface area contributed by atoms with Crippen molar-refractivity contribution in [3.8, 4) is 5.75 Å². The summed E-state index contributed by atoms with van der Waals surface area (Å²) in [5, 5.41) is 2.92. The fourth-order valence-electron chi connectivity index (χ4n) is 1.79. The molecule has 0 spiro atoms. The van der Waals surface area contributed by atoms with E-state index in [9.17, 15) is 14.4 Å². The minimum absolute atomic E-state index is 0.107. The van der Waals surface area contributed by atoms with Crippen molar-refractivity contribution in [2.24, 2.45) is 0 Å². The van der Waals surface area contributed by atoms with Crippen LogP contribution in [0, 0.1) is 0 Å². The lowest BCUT2D eigenvalue weighted by atomic mass is 10.2. The SMILES string of the molecule is C[C@@H](OC(=O)COc1ccc(C=O)cc1)C(=O)Nc1ncc(Cl)cc1Cl. The number of aldehydes is 1. The highest BCUT2D eigenvalue weighted by atomic mass is 35.5. The van der Waals surface area contributed by atoms with Crippen LogP contribution >= 0.6 is 23.2 Å². The van der Waals surface area contributed by atoms with Gasteiger partial charge in [0.05, 0.1) is 10.0 Å². The van der Waals surface area contributed by atoms with Gasteiger partial charge in [-0.15, -0.1) is 0 Å². The van der Waals surface area contributed by atoms with Gasteiger partial charge < -0.3 is 14.8 Å². The molecule has 1 aromatic heterocycles. The maximum atomic E-state index is 12.0. The first kappa shape index (κ1) is 19.7. The molecular formula is C17H14Cl2N2O5. The Balaban J connectivity index is 1.83. The molecule has 1 aromatic carbocycles. The molecule has 0 bridgehead atoms. The van der Waals surface area contributed by atoms with Gasteiger partial charge in [-0.1, -0.05) is 23.2 Å². The summed E-state index contributed by atoms with van der Waals surface area (Å²) in [6.45, 7) is 1.01. The molecule has 1 amide bonds. The summed E-state index contributed by atoms with van der Waals surface area (Å²) in [5.41, 5.74) is 0.486. The highest BCUT2D eigenvalue weighted by Crippen LogP contribution is 2.22. The minimum atomic E-state index is -1.09. The fraction of sp³-hybridized carbons (Fsp3) is 0.176. The van der Waals surface area contributed by atoms with E-state index in [-0.39, 0.29) is 10.8 Å². The number of nitrogens with one attached hydrogen (secondary N) is 1. The van der Waals surface area contributed by atoms with Gasteiger partial charge in [0.15, 0.2) is 18.5 Å². The second-order valence-corrected chi connectivity index (χ2v) is 5.92. The van der Waals surface area contributed by atoms with Gasteiger partial charge in [0.1, 0.15) is 12.0 Å². The number of carbonyl (C=O) groups is 3. The highest BCUT2D eigenvalue weighted by Gasteiger charge is 2.19. The first-order valence-electron chi connectivity index (χ1n) is 7.38. The van der Waals surface area contributed by atoms with Gasteiger partial charge in [-0.25, -0.2) is 9.78 Å². The Labute approximate surface area is 159 Å². The van der Waals surface area contributed by atoms with Gasteiger partial charge in [-0.05, 0) is 37.3 Å². The van der Waals surface area contributed by atoms with Crippen molar-refractivity contribution in [2.75, 3.05) is 11.9 Å². The molecule has 0 radical (unpaired) electrons. The third kappa shape index (κ3) is 5.72. The Morgan fingerprint density at radius 2 is 1.96 bits per heavy atom. The standard InChI is InChI=1S/C17H14Cl2N2O5/c1-10(17(24)21-16-14(19)6-12(18)7-20-16)26-15(23)9-25-13-4-2-11(8-22)3-5-13/h2-8,10H,9H2,1H3,(H,20,21,24)/t10-/m1/s1. The number of halogens is 2. The van der Waals surface area contributed by atoms with Crippen LogP contribution in [0.1, 0.15) is 17.3 Å². The summed E-state index contributed by atoms with van der Waals surface area (Å²) in [4.78, 5) is 38.3. The molecule has 1 N–H and O–H groups in total. The number of pyridine rings is 1. The van der Waals surface area contributed by atoms with Crippen LogP contribution in [-0.4, -0.2) is 35.9 Å². The van der Waals surface area contributed by atoms with Crippen molar-refractivity contribution in [3.63, 3.8) is 0 Å². The van der Waals surface area contributed by atoms with Crippen molar-refractivity contribution in [1.82, 2.24) is 4.98 Å². The number of carbonyl (C=O) groups excluding carboxylic acids is 3. The van der Waals surface area contributed by atoms with E-state index in [1.807, 2.05) is 0 Å². The number of esters is 1. The smallest absolute Gasteiger partial charge is 0.344 e. The second kappa shape index (κ2) is 9.17. The molecule has 0 aliphatic carbocycles. The van der Waals surface area contributed by atoms with E-state index >= 15 is 0 Å². The van der Waals surface area contributed by atoms with Crippen LogP contribution < -0.4 is 10.1 Å². The van der Waals surface area contributed by atoms with E-state index in [2.05, 4.69) is 10.3 Å². The molecular weight excluding hydrogens is 383 g/mol. The summed E-state index contributed by atoms with van der Waals surface area (Å²) in [7, 11) is 0. The van der Waals surface area contributed by atoms with Crippen molar-refractivity contribution in [2.45, 2.75) is 13.0 Å². The quantitative estimate of drug-likeness (QED) is 0.570. The van der Waals surface area contributed by atoms with Crippen LogP contribution in [0.5, 0.6) is 5.75 Å². The molecule has 9 heteroatoms. The number of hydrogen-bond acceptors (Lipinski definition) is 6. The number of aromatic nitrogens is 1. The van der Waals surface area contributed by atoms with Gasteiger partial charge >= 0.3 is 5.97 Å². The molecule has 0 aliphatic rings. The predicted octanol–water partition coefficient (Wildman–Crippen LogP) is 3.15. The molecule has 0 fully saturated rings. The molecule has 2 aromatic rings. The summed E-state index contributed by atoms with van der Waals surface area (Å²) < 4.78 is 10.2. The molecule has 7 nitrogen and oxygen atoms in total. The van der Waals surface area contributed by atoms with Gasteiger partial charge in [0.2, 0.25) is 0 Å². The van der Waals surface area contributed by atoms with Crippen molar-refractivity contribution in [3.05, 3.63) is 52.1 Å². The number of benzene rings is 1. The molecule has 136 valence electrons. The Morgan fingerprint density at radius 3 is 2.58 bits per heavy atom. The Hall–Kier alpha value is -2.64. The van der Waals surface area contributed by atoms with Gasteiger partial charge in [-0.2, -0.15) is 0 Å². The van der Waals surface area contributed by atoms with Crippen LogP contribution in [0.2, 0.25) is 10.0 Å². The molecule has 0 unspecified atom stereocenters. The Kier molecular flexibility index (Phi) is 6.94. The first-order valence-corrected chi connectivity index (χ1v) is 8.14. The first-order chi connectivity index (χ1) is 12.4. The molecule has 0 saturated carbocycles. The van der Waals surface area contributed by atoms with Crippen LogP contribution in [0.4, 0.5) is 5.82 Å². The molecule has 0 aliphatic heterocycles. The lowest BCUT2D eigenvalue weighted by Gasteiger charge is -2.14. The largest absolute Gasteiger partial charge is 0.482 e. The van der Waals surface area contributed by atoms with Crippen LogP contribution in [-0.2, 0) is 14.3 Å². The van der Waals surface area contributed by atoms with Crippen LogP contribution in [0.3, 0.4) is 0 Å². The third-order valence-electron chi connectivity index (χ3n) is 3.10. The molecule has 1 atom stereocenters. The van der Waals surface area contributed by atoms with E-state index in [0.29, 0.717) is 22.6 Å². The zero-order chi connectivity index (χ0) is 19.1. The van der Waals surface area contributed by atoms with Crippen LogP contribution in [0.25, 0.3) is 0 Å². The molecule has 0 saturated heterocycles. The highest BCUT2D eigenvalue weighted by molar-refractivity contribution is 6.36. The number of anilines is 1. The summed E-state index contributed by atoms with van der Waals surface area (Å²) in [6.07, 6.45) is 0.931. The van der Waals surface area contributed by atoms with Crippen molar-refractivity contribution >= 4 is 47.2 Å². The Bertz CT molecular complexity index is 811. The lowest BCUT2D eigenvalue weighted by Crippen LogP contribution is -2.32. The molecule has 1 heterocycles. The van der Waals surface area contributed by atoms with E-state index in [1.54, 1.807) is 24.3 Å². The van der Waals surface area contributed by atoms with Gasteiger partial charge in [-0.3, -0.25) is 9.59 Å². The maximum Gasteiger partial charge on any atom is 0.344 e. The van der Waals surface area contributed by atoms with E-state index < -0.39 is 24.6 Å². The summed E-state index contributed by atoms with van der Waals surface area (Å²) in [6, 6.07) is 7.61. The van der Waals surface area contributed by atoms with Crippen molar-refractivity contribution in [1.29, 1.82) is 0 Å². The zero-order valence-electron chi connectivity index (χ0n) is 13.6. The van der Waals surface area contributed by atoms with Gasteiger partial charge in [0.25, 0.3) is 5.91 Å². The van der Waals surface area contributed by atoms with Gasteiger partial charge in [0, 0.05) is 11.8 Å². The number of nitrogens with zero attached hydrogens (tertiary/aromatic N) is 1. The van der Waals surface area contributed by atoms with Crippen molar-refractivity contribution < 1.29 is 23.9 Å². The monoisotopic (exact) mass is 396 g/mol. The van der Waals surface area contributed by atoms with E-state index in [0.717, 1.165) is 0 Å². The second-order valence-electron chi connectivity index (χ2n) is 5.08. The maximum absolute atomic E-state index is 12.0. The average molecular weight is 397 g/mol. The predicted molar refractivity (Wildman–Crippen MR) is 95.8 cm³/mol. The lowest BCUT2D eigenvalue weighted by molar-refractivity contribution is -0.155. The fourth-order valence-corrected chi connectivity index (χ4v) is 2.22. The average Bonchev–Trinajstić information content (AvgIpc) is 2.62. The van der Waals surface area contributed by atoms with Crippen LogP contribution in [0.15, 0.2) is 36.5 Å². The summed E-state index contributed by atoms with van der Waals surface area (Å²) in [5.74, 6) is -0.843. The third-order valence-corrected chi connectivity index (χ3v) is 3.59. The molecule has 26 heavy (non-hydrogen) atoms. The van der Waals surface area contributed by atoms with E-state index in [1.165, 1.54) is 19.2 Å². The number of amides is 1. The topological polar surface area (TPSA) is 94.6 Å². The normalized spacial score (nSPS) is 11.3. The molecule has 2 rings (SSSR count). The number of rotatable bonds is 7. The number of hydrogen-bond donors (Lipinski definition) is 1. The zero-order valence-corrected chi connectivity index (χ0v) is 15.1.